The molecule has 0 saturated carbocycles. The molecule has 15 aromatic rings. The van der Waals surface area contributed by atoms with Crippen LogP contribution in [0.2, 0.25) is 0 Å². The van der Waals surface area contributed by atoms with Gasteiger partial charge in [0.25, 0.3) is 0 Å². The molecule has 0 atom stereocenters. The zero-order chi connectivity index (χ0) is 44.7. The van der Waals surface area contributed by atoms with E-state index >= 15 is 0 Å². The molecular weight excluding hydrogens is 817 g/mol. The van der Waals surface area contributed by atoms with Gasteiger partial charge in [-0.1, -0.05) is 215 Å². The molecule has 0 aromatic heterocycles. The van der Waals surface area contributed by atoms with Crippen molar-refractivity contribution in [3.63, 3.8) is 0 Å². The van der Waals surface area contributed by atoms with E-state index in [-0.39, 0.29) is 5.41 Å². The molecule has 0 amide bonds. The summed E-state index contributed by atoms with van der Waals surface area (Å²) >= 11 is 0. The maximum Gasteiger partial charge on any atom is -0.000696 e. The maximum absolute atomic E-state index is 2.50. The Bertz CT molecular complexity index is 4630. The van der Waals surface area contributed by atoms with Crippen molar-refractivity contribution in [2.24, 2.45) is 0 Å². The first kappa shape index (κ1) is 36.8. The SMILES string of the molecule is CC(C)(C)c1ccc2c(-c3ccccc3)c3c(c(-c4ccccc4)c2c1)-c1ccc2c4ccc5c6c(ccc(c7ccc-3c1c72)c46)c1c(-c2ccccc2)c2cccc3c4ccccc4c(c23)c51. The molecule has 0 heterocycles. The van der Waals surface area contributed by atoms with Crippen LogP contribution in [0.4, 0.5) is 0 Å². The second-order valence-electron chi connectivity index (χ2n) is 20.5. The Balaban J connectivity index is 1.08. The van der Waals surface area contributed by atoms with Gasteiger partial charge in [0.1, 0.15) is 0 Å². The predicted octanol–water partition coefficient (Wildman–Crippen LogP) is 19.5. The molecule has 16 rings (SSSR count). The van der Waals surface area contributed by atoms with Gasteiger partial charge < -0.3 is 0 Å². The van der Waals surface area contributed by atoms with Crippen LogP contribution in [0.3, 0.4) is 0 Å². The second kappa shape index (κ2) is 12.8. The first-order valence-electron chi connectivity index (χ1n) is 24.2. The second-order valence-corrected chi connectivity index (χ2v) is 20.5. The molecule has 1 aliphatic rings. The zero-order valence-corrected chi connectivity index (χ0v) is 38.1. The van der Waals surface area contributed by atoms with E-state index in [2.05, 4.69) is 221 Å². The molecule has 0 unspecified atom stereocenters. The fraction of sp³-hybridized carbons (Fsp3) is 0.0588. The van der Waals surface area contributed by atoms with Crippen molar-refractivity contribution in [1.29, 1.82) is 0 Å². The van der Waals surface area contributed by atoms with Crippen LogP contribution in [-0.4, -0.2) is 0 Å². The Labute approximate surface area is 393 Å². The summed E-state index contributed by atoms with van der Waals surface area (Å²) in [5.41, 5.74) is 14.4. The van der Waals surface area contributed by atoms with Crippen molar-refractivity contribution in [2.45, 2.75) is 26.2 Å². The quantitative estimate of drug-likeness (QED) is 0.123. The summed E-state index contributed by atoms with van der Waals surface area (Å²) < 4.78 is 0. The molecule has 0 N–H and O–H groups in total. The maximum atomic E-state index is 2.50. The minimum Gasteiger partial charge on any atom is -0.0622 e. The number of fused-ring (bicyclic) bond motifs is 13. The molecule has 0 spiro atoms. The Morgan fingerprint density at radius 1 is 0.221 bits per heavy atom. The van der Waals surface area contributed by atoms with Crippen molar-refractivity contribution in [3.05, 3.63) is 206 Å². The summed E-state index contributed by atoms with van der Waals surface area (Å²) in [5.74, 6) is 0. The van der Waals surface area contributed by atoms with Crippen molar-refractivity contribution in [1.82, 2.24) is 0 Å². The molecule has 68 heavy (non-hydrogen) atoms. The van der Waals surface area contributed by atoms with Crippen LogP contribution >= 0.6 is 0 Å². The minimum atomic E-state index is -0.00338. The number of hydrogen-bond donors (Lipinski definition) is 0. The average Bonchev–Trinajstić information content (AvgIpc) is 4.02. The first-order valence-corrected chi connectivity index (χ1v) is 24.2. The first-order chi connectivity index (χ1) is 33.4. The lowest BCUT2D eigenvalue weighted by Gasteiger charge is -2.24. The monoisotopic (exact) mass is 858 g/mol. The van der Waals surface area contributed by atoms with E-state index in [1.54, 1.807) is 0 Å². The van der Waals surface area contributed by atoms with Gasteiger partial charge in [-0.2, -0.15) is 0 Å². The van der Waals surface area contributed by atoms with Crippen LogP contribution in [-0.2, 0) is 5.41 Å². The molecule has 0 radical (unpaired) electrons. The fourth-order valence-electron chi connectivity index (χ4n) is 13.4. The third-order valence-corrected chi connectivity index (χ3v) is 16.2. The normalized spacial score (nSPS) is 12.9. The standard InChI is InChI=1S/C68H42/c1-68(2,3)40-26-27-48-54(36-40)57(39-20-11-6-12-21-39)66-52-34-30-45-47-31-35-53-62-51(33-29-46(59(47)62)44-28-32-50(61(52)58(44)45)64(66)55(48)37-16-7-4-8-17-37)65-56(38-18-9-5-10-19-38)49-25-15-24-42-41-22-13-14-23-43(41)63(60(42)49)67(53)65/h4-36H,1-3H3. The van der Waals surface area contributed by atoms with Crippen molar-refractivity contribution in [2.75, 3.05) is 0 Å². The van der Waals surface area contributed by atoms with Crippen LogP contribution in [0.25, 0.3) is 163 Å². The Morgan fingerprint density at radius 2 is 0.603 bits per heavy atom. The van der Waals surface area contributed by atoms with Gasteiger partial charge in [0.15, 0.2) is 0 Å². The molecule has 0 nitrogen and oxygen atoms in total. The molecule has 0 fully saturated rings. The Kier molecular flexibility index (Phi) is 6.92. The lowest BCUT2D eigenvalue weighted by atomic mass is 9.79. The summed E-state index contributed by atoms with van der Waals surface area (Å²) in [5, 5.41) is 27.0. The van der Waals surface area contributed by atoms with E-state index in [9.17, 15) is 0 Å². The fourth-order valence-corrected chi connectivity index (χ4v) is 13.4. The van der Waals surface area contributed by atoms with Crippen LogP contribution in [0.15, 0.2) is 200 Å². The van der Waals surface area contributed by atoms with Crippen molar-refractivity contribution >= 4 is 108 Å². The summed E-state index contributed by atoms with van der Waals surface area (Å²) in [6.45, 7) is 6.99. The van der Waals surface area contributed by atoms with Crippen LogP contribution < -0.4 is 0 Å². The zero-order valence-electron chi connectivity index (χ0n) is 38.1. The van der Waals surface area contributed by atoms with E-state index in [4.69, 9.17) is 0 Å². The molecular formula is C68H42. The average molecular weight is 859 g/mol. The van der Waals surface area contributed by atoms with E-state index in [1.165, 1.54) is 169 Å². The summed E-state index contributed by atoms with van der Waals surface area (Å²) in [6.07, 6.45) is 0. The van der Waals surface area contributed by atoms with Crippen LogP contribution in [0, 0.1) is 0 Å². The molecule has 0 saturated heterocycles. The van der Waals surface area contributed by atoms with Gasteiger partial charge in [-0.05, 0) is 180 Å². The van der Waals surface area contributed by atoms with E-state index in [1.807, 2.05) is 0 Å². The Hall–Kier alpha value is -8.32. The highest BCUT2D eigenvalue weighted by atomic mass is 14.4. The summed E-state index contributed by atoms with van der Waals surface area (Å²) in [7, 11) is 0. The van der Waals surface area contributed by atoms with Crippen molar-refractivity contribution in [3.8, 4) is 55.6 Å². The predicted molar refractivity (Wildman–Crippen MR) is 294 cm³/mol. The van der Waals surface area contributed by atoms with E-state index in [0.29, 0.717) is 0 Å². The highest BCUT2D eigenvalue weighted by molar-refractivity contribution is 6.51. The van der Waals surface area contributed by atoms with Gasteiger partial charge in [0, 0.05) is 0 Å². The highest BCUT2D eigenvalue weighted by Gasteiger charge is 2.34. The lowest BCUT2D eigenvalue weighted by Crippen LogP contribution is -2.10. The van der Waals surface area contributed by atoms with Crippen LogP contribution in [0.5, 0.6) is 0 Å². The third kappa shape index (κ3) is 4.47. The van der Waals surface area contributed by atoms with Crippen molar-refractivity contribution < 1.29 is 0 Å². The molecule has 1 aliphatic carbocycles. The number of benzene rings is 13. The van der Waals surface area contributed by atoms with Gasteiger partial charge in [-0.3, -0.25) is 0 Å². The summed E-state index contributed by atoms with van der Waals surface area (Å²) in [4.78, 5) is 0. The van der Waals surface area contributed by atoms with Gasteiger partial charge in [-0.25, -0.2) is 0 Å². The van der Waals surface area contributed by atoms with Gasteiger partial charge in [-0.15, -0.1) is 0 Å². The highest BCUT2D eigenvalue weighted by Crippen LogP contribution is 2.61. The molecule has 314 valence electrons. The number of rotatable bonds is 3. The third-order valence-electron chi connectivity index (χ3n) is 16.2. The minimum absolute atomic E-state index is 0.00338. The number of hydrogen-bond acceptors (Lipinski definition) is 0. The summed E-state index contributed by atoms with van der Waals surface area (Å²) in [6, 6.07) is 76.5. The van der Waals surface area contributed by atoms with Gasteiger partial charge in [0.2, 0.25) is 0 Å². The van der Waals surface area contributed by atoms with Gasteiger partial charge in [0.05, 0.1) is 0 Å². The smallest absolute Gasteiger partial charge is 0.000696 e. The van der Waals surface area contributed by atoms with E-state index < -0.39 is 0 Å². The molecule has 0 aliphatic heterocycles. The van der Waals surface area contributed by atoms with Gasteiger partial charge >= 0.3 is 0 Å². The molecule has 0 bridgehead atoms. The molecule has 0 heteroatoms. The lowest BCUT2D eigenvalue weighted by molar-refractivity contribution is 0.591. The molecule has 15 aromatic carbocycles. The Morgan fingerprint density at radius 3 is 1.21 bits per heavy atom. The van der Waals surface area contributed by atoms with Crippen LogP contribution in [0.1, 0.15) is 26.3 Å². The topological polar surface area (TPSA) is 0 Å². The largest absolute Gasteiger partial charge is 0.0622 e. The van der Waals surface area contributed by atoms with E-state index in [0.717, 1.165) is 0 Å².